The standard InChI is InChI=1S/C26H23F2N5/c1-17-13-20(9-11-29-17)19-7-5-18(6-8-19)14-30-25-24(28)26(32-16-31-25)33-12-10-22-21(15-33)3-2-4-23(22)27/h2-9,11,13,16H,10,12,14-15H2,1H3,(H,30,31,32). The molecule has 0 saturated carbocycles. The van der Waals surface area contributed by atoms with Gasteiger partial charge in [0.1, 0.15) is 12.1 Å². The average Bonchev–Trinajstić information content (AvgIpc) is 2.84. The molecule has 0 atom stereocenters. The van der Waals surface area contributed by atoms with Crippen molar-refractivity contribution in [3.63, 3.8) is 0 Å². The zero-order valence-electron chi connectivity index (χ0n) is 18.2. The highest BCUT2D eigenvalue weighted by atomic mass is 19.1. The molecule has 1 N–H and O–H groups in total. The van der Waals surface area contributed by atoms with Gasteiger partial charge >= 0.3 is 0 Å². The maximum atomic E-state index is 15.2. The zero-order chi connectivity index (χ0) is 22.8. The van der Waals surface area contributed by atoms with E-state index in [1.807, 2.05) is 54.3 Å². The monoisotopic (exact) mass is 443 g/mol. The zero-order valence-corrected chi connectivity index (χ0v) is 18.2. The van der Waals surface area contributed by atoms with Crippen molar-refractivity contribution in [3.05, 3.63) is 101 Å². The summed E-state index contributed by atoms with van der Waals surface area (Å²) >= 11 is 0. The summed E-state index contributed by atoms with van der Waals surface area (Å²) < 4.78 is 29.2. The van der Waals surface area contributed by atoms with E-state index in [4.69, 9.17) is 0 Å². The molecule has 4 aromatic rings. The maximum Gasteiger partial charge on any atom is 0.207 e. The Morgan fingerprint density at radius 3 is 2.64 bits per heavy atom. The van der Waals surface area contributed by atoms with Crippen molar-refractivity contribution >= 4 is 11.6 Å². The van der Waals surface area contributed by atoms with Gasteiger partial charge in [0, 0.05) is 31.5 Å². The highest BCUT2D eigenvalue weighted by Crippen LogP contribution is 2.28. The van der Waals surface area contributed by atoms with Crippen molar-refractivity contribution in [1.29, 1.82) is 0 Å². The molecule has 0 saturated heterocycles. The van der Waals surface area contributed by atoms with Crippen LogP contribution in [0.3, 0.4) is 0 Å². The van der Waals surface area contributed by atoms with Crippen LogP contribution in [0.25, 0.3) is 11.1 Å². The minimum absolute atomic E-state index is 0.152. The summed E-state index contributed by atoms with van der Waals surface area (Å²) in [7, 11) is 0. The number of hydrogen-bond donors (Lipinski definition) is 1. The van der Waals surface area contributed by atoms with Gasteiger partial charge in [-0.3, -0.25) is 4.98 Å². The number of fused-ring (bicyclic) bond motifs is 1. The lowest BCUT2D eigenvalue weighted by atomic mass is 9.99. The first-order chi connectivity index (χ1) is 16.1. The van der Waals surface area contributed by atoms with E-state index < -0.39 is 5.82 Å². The van der Waals surface area contributed by atoms with E-state index in [0.29, 0.717) is 31.6 Å². The summed E-state index contributed by atoms with van der Waals surface area (Å²) in [5.74, 6) is -0.325. The minimum atomic E-state index is -0.499. The Hall–Kier alpha value is -3.87. The van der Waals surface area contributed by atoms with Crippen LogP contribution in [0.5, 0.6) is 0 Å². The molecule has 2 aromatic heterocycles. The van der Waals surface area contributed by atoms with Gasteiger partial charge < -0.3 is 10.2 Å². The third-order valence-corrected chi connectivity index (χ3v) is 5.92. The number of nitrogens with zero attached hydrogens (tertiary/aromatic N) is 4. The van der Waals surface area contributed by atoms with Crippen molar-refractivity contribution in [2.75, 3.05) is 16.8 Å². The molecule has 0 amide bonds. The fourth-order valence-electron chi connectivity index (χ4n) is 4.17. The molecule has 0 spiro atoms. The lowest BCUT2D eigenvalue weighted by Crippen LogP contribution is -2.32. The number of nitrogens with one attached hydrogen (secondary N) is 1. The summed E-state index contributed by atoms with van der Waals surface area (Å²) in [5.41, 5.74) is 5.74. The Balaban J connectivity index is 1.29. The molecule has 1 aliphatic heterocycles. The number of hydrogen-bond acceptors (Lipinski definition) is 5. The Kier molecular flexibility index (Phi) is 5.69. The predicted molar refractivity (Wildman–Crippen MR) is 125 cm³/mol. The van der Waals surface area contributed by atoms with Crippen LogP contribution in [-0.4, -0.2) is 21.5 Å². The molecule has 1 aliphatic rings. The topological polar surface area (TPSA) is 53.9 Å². The number of halogens is 2. The molecule has 3 heterocycles. The Morgan fingerprint density at radius 1 is 0.970 bits per heavy atom. The molecule has 7 heteroatoms. The van der Waals surface area contributed by atoms with Crippen molar-refractivity contribution in [3.8, 4) is 11.1 Å². The molecule has 0 aliphatic carbocycles. The van der Waals surface area contributed by atoms with Gasteiger partial charge in [0.05, 0.1) is 0 Å². The van der Waals surface area contributed by atoms with Crippen LogP contribution < -0.4 is 10.2 Å². The normalized spacial score (nSPS) is 13.0. The van der Waals surface area contributed by atoms with E-state index in [1.165, 1.54) is 12.4 Å². The molecule has 5 nitrogen and oxygen atoms in total. The third-order valence-electron chi connectivity index (χ3n) is 5.92. The summed E-state index contributed by atoms with van der Waals surface area (Å²) in [4.78, 5) is 14.3. The van der Waals surface area contributed by atoms with Crippen LogP contribution in [0.2, 0.25) is 0 Å². The predicted octanol–water partition coefficient (Wildman–Crippen LogP) is 5.30. The molecular weight excluding hydrogens is 420 g/mol. The lowest BCUT2D eigenvalue weighted by Gasteiger charge is -2.30. The number of pyridine rings is 1. The second kappa shape index (κ2) is 8.94. The Bertz CT molecular complexity index is 1290. The lowest BCUT2D eigenvalue weighted by molar-refractivity contribution is 0.574. The van der Waals surface area contributed by atoms with E-state index in [1.54, 1.807) is 12.3 Å². The van der Waals surface area contributed by atoms with Gasteiger partial charge in [-0.1, -0.05) is 36.4 Å². The number of anilines is 2. The molecular formula is C26H23F2N5. The largest absolute Gasteiger partial charge is 0.363 e. The highest BCUT2D eigenvalue weighted by molar-refractivity contribution is 5.63. The van der Waals surface area contributed by atoms with Gasteiger partial charge in [0.25, 0.3) is 0 Å². The van der Waals surface area contributed by atoms with E-state index in [2.05, 4.69) is 20.3 Å². The summed E-state index contributed by atoms with van der Waals surface area (Å²) in [6.07, 6.45) is 3.67. The van der Waals surface area contributed by atoms with Crippen molar-refractivity contribution in [2.24, 2.45) is 0 Å². The van der Waals surface area contributed by atoms with E-state index in [9.17, 15) is 4.39 Å². The van der Waals surface area contributed by atoms with E-state index in [-0.39, 0.29) is 17.5 Å². The van der Waals surface area contributed by atoms with Crippen LogP contribution in [0, 0.1) is 18.6 Å². The van der Waals surface area contributed by atoms with Crippen LogP contribution in [0.4, 0.5) is 20.4 Å². The van der Waals surface area contributed by atoms with Gasteiger partial charge in [-0.2, -0.15) is 4.39 Å². The Morgan fingerprint density at radius 2 is 1.82 bits per heavy atom. The molecule has 5 rings (SSSR count). The minimum Gasteiger partial charge on any atom is -0.363 e. The molecule has 0 bridgehead atoms. The van der Waals surface area contributed by atoms with Crippen LogP contribution in [0.1, 0.15) is 22.4 Å². The second-order valence-electron chi connectivity index (χ2n) is 8.15. The smallest absolute Gasteiger partial charge is 0.207 e. The van der Waals surface area contributed by atoms with Gasteiger partial charge in [0.15, 0.2) is 11.6 Å². The molecule has 0 fully saturated rings. The first-order valence-electron chi connectivity index (χ1n) is 10.9. The first-order valence-corrected chi connectivity index (χ1v) is 10.9. The summed E-state index contributed by atoms with van der Waals surface area (Å²) in [6.45, 7) is 3.30. The summed E-state index contributed by atoms with van der Waals surface area (Å²) in [6, 6.07) is 17.1. The molecule has 2 aromatic carbocycles. The average molecular weight is 444 g/mol. The van der Waals surface area contributed by atoms with Crippen molar-refractivity contribution in [1.82, 2.24) is 15.0 Å². The van der Waals surface area contributed by atoms with Gasteiger partial charge in [0.2, 0.25) is 5.82 Å². The fourth-order valence-corrected chi connectivity index (χ4v) is 4.17. The Labute approximate surface area is 191 Å². The molecule has 0 unspecified atom stereocenters. The van der Waals surface area contributed by atoms with Crippen LogP contribution >= 0.6 is 0 Å². The molecule has 166 valence electrons. The van der Waals surface area contributed by atoms with Crippen molar-refractivity contribution < 1.29 is 8.78 Å². The number of aromatic nitrogens is 3. The van der Waals surface area contributed by atoms with Crippen LogP contribution in [0.15, 0.2) is 67.1 Å². The van der Waals surface area contributed by atoms with E-state index >= 15 is 4.39 Å². The van der Waals surface area contributed by atoms with Crippen LogP contribution in [-0.2, 0) is 19.5 Å². The highest BCUT2D eigenvalue weighted by Gasteiger charge is 2.23. The maximum absolute atomic E-state index is 15.2. The van der Waals surface area contributed by atoms with Gasteiger partial charge in [-0.15, -0.1) is 0 Å². The van der Waals surface area contributed by atoms with Crippen molar-refractivity contribution in [2.45, 2.75) is 26.4 Å². The molecule has 33 heavy (non-hydrogen) atoms. The SMILES string of the molecule is Cc1cc(-c2ccc(CNc3ncnc(N4CCc5c(F)cccc5C4)c3F)cc2)ccn1. The quantitative estimate of drug-likeness (QED) is 0.454. The van der Waals surface area contributed by atoms with E-state index in [0.717, 1.165) is 27.9 Å². The first kappa shape index (κ1) is 21.0. The van der Waals surface area contributed by atoms with Gasteiger partial charge in [-0.25, -0.2) is 14.4 Å². The number of benzene rings is 2. The number of rotatable bonds is 5. The molecule has 0 radical (unpaired) electrons. The fraction of sp³-hybridized carbons (Fsp3) is 0.192. The van der Waals surface area contributed by atoms with Gasteiger partial charge in [-0.05, 0) is 59.4 Å². The third kappa shape index (κ3) is 4.39. The number of aryl methyl sites for hydroxylation is 1. The second-order valence-corrected chi connectivity index (χ2v) is 8.15. The summed E-state index contributed by atoms with van der Waals surface area (Å²) in [5, 5.41) is 3.08.